The average Bonchev–Trinajstić information content (AvgIpc) is 3.22. The van der Waals surface area contributed by atoms with Gasteiger partial charge in [0, 0.05) is 88.7 Å². The number of ether oxygens (including phenoxy) is 1. The largest absolute Gasteiger partial charge is 0.444 e. The molecular formula is C30H42N6O5. The normalized spacial score (nSPS) is 25.3. The summed E-state index contributed by atoms with van der Waals surface area (Å²) in [5.41, 5.74) is 2.27. The number of amides is 4. The zero-order valence-electron chi connectivity index (χ0n) is 24.4. The van der Waals surface area contributed by atoms with Crippen LogP contribution in [-0.2, 0) is 20.9 Å². The number of anilines is 1. The van der Waals surface area contributed by atoms with E-state index < -0.39 is 11.6 Å². The van der Waals surface area contributed by atoms with E-state index in [1.54, 1.807) is 4.90 Å². The summed E-state index contributed by atoms with van der Waals surface area (Å²) in [6, 6.07) is 6.47. The summed E-state index contributed by atoms with van der Waals surface area (Å²) in [6.07, 6.45) is 2.74. The van der Waals surface area contributed by atoms with Crippen LogP contribution in [0.2, 0.25) is 0 Å². The number of rotatable bonds is 4. The van der Waals surface area contributed by atoms with Crippen molar-refractivity contribution in [2.24, 2.45) is 0 Å². The molecule has 41 heavy (non-hydrogen) atoms. The maximum absolute atomic E-state index is 13.0. The van der Waals surface area contributed by atoms with Crippen LogP contribution in [0.5, 0.6) is 0 Å². The zero-order valence-corrected chi connectivity index (χ0v) is 24.4. The molecule has 11 nitrogen and oxygen atoms in total. The molecule has 4 saturated heterocycles. The molecular weight excluding hydrogens is 524 g/mol. The number of likely N-dealkylation sites (tertiary alicyclic amines) is 2. The maximum Gasteiger partial charge on any atom is 0.410 e. The van der Waals surface area contributed by atoms with Gasteiger partial charge in [0.2, 0.25) is 11.8 Å². The van der Waals surface area contributed by atoms with Gasteiger partial charge >= 0.3 is 6.09 Å². The Labute approximate surface area is 241 Å². The Bertz CT molecular complexity index is 1210. The number of carbonyl (C=O) groups excluding carboxylic acids is 4. The summed E-state index contributed by atoms with van der Waals surface area (Å²) in [7, 11) is 0. The van der Waals surface area contributed by atoms with Crippen LogP contribution in [0.1, 0.15) is 62.4 Å². The highest BCUT2D eigenvalue weighted by Gasteiger charge is 2.41. The fourth-order valence-electron chi connectivity index (χ4n) is 6.88. The first-order valence-corrected chi connectivity index (χ1v) is 15.0. The lowest BCUT2D eigenvalue weighted by atomic mass is 9.98. The lowest BCUT2D eigenvalue weighted by Gasteiger charge is -2.49. The molecule has 5 aliphatic heterocycles. The Balaban J connectivity index is 0.962. The number of hydrogen-bond acceptors (Lipinski definition) is 8. The Morgan fingerprint density at radius 2 is 1.59 bits per heavy atom. The first-order chi connectivity index (χ1) is 19.6. The van der Waals surface area contributed by atoms with E-state index in [4.69, 9.17) is 4.74 Å². The first-order valence-electron chi connectivity index (χ1n) is 15.0. The van der Waals surface area contributed by atoms with Crippen LogP contribution in [-0.4, -0.2) is 119 Å². The molecule has 4 fully saturated rings. The Kier molecular flexibility index (Phi) is 7.44. The van der Waals surface area contributed by atoms with Gasteiger partial charge in [-0.1, -0.05) is 0 Å². The smallest absolute Gasteiger partial charge is 0.410 e. The molecule has 1 atom stereocenters. The number of hydrogen-bond donors (Lipinski definition) is 1. The standard InChI is InChI=1S/C30H42N6O5/c1-30(2,3)41-29(40)35-18-23(19-35)32-10-8-21(9-11-32)33-12-14-34(15-13-33)22-4-5-24-20(16-22)17-36(28(24)39)25-6-7-26(37)31-27(25)38/h4-5,16,21,23,25H,6-15,17-19H2,1-3H3,(H,31,37,38)/t25-/m0/s1. The molecule has 0 aliphatic carbocycles. The third-order valence-electron chi connectivity index (χ3n) is 9.23. The third-order valence-corrected chi connectivity index (χ3v) is 9.23. The second-order valence-corrected chi connectivity index (χ2v) is 13.1. The van der Waals surface area contributed by atoms with Crippen LogP contribution in [0.4, 0.5) is 10.5 Å². The van der Waals surface area contributed by atoms with E-state index >= 15 is 0 Å². The van der Waals surface area contributed by atoms with E-state index in [9.17, 15) is 19.2 Å². The molecule has 0 spiro atoms. The van der Waals surface area contributed by atoms with Crippen molar-refractivity contribution in [3.05, 3.63) is 29.3 Å². The summed E-state index contributed by atoms with van der Waals surface area (Å²) >= 11 is 0. The number of piperazine rings is 1. The molecule has 4 amide bonds. The topological polar surface area (TPSA) is 106 Å². The van der Waals surface area contributed by atoms with Gasteiger partial charge in [-0.05, 0) is 63.8 Å². The average molecular weight is 567 g/mol. The van der Waals surface area contributed by atoms with Crippen molar-refractivity contribution >= 4 is 29.5 Å². The van der Waals surface area contributed by atoms with Crippen molar-refractivity contribution in [1.29, 1.82) is 0 Å². The zero-order chi connectivity index (χ0) is 28.9. The van der Waals surface area contributed by atoms with Gasteiger partial charge < -0.3 is 19.4 Å². The second kappa shape index (κ2) is 10.9. The fourth-order valence-corrected chi connectivity index (χ4v) is 6.88. The van der Waals surface area contributed by atoms with Crippen LogP contribution >= 0.6 is 0 Å². The minimum atomic E-state index is -0.584. The van der Waals surface area contributed by atoms with Crippen LogP contribution in [0.3, 0.4) is 0 Å². The van der Waals surface area contributed by atoms with E-state index in [0.29, 0.717) is 30.6 Å². The van der Waals surface area contributed by atoms with Gasteiger partial charge in [0.25, 0.3) is 5.91 Å². The van der Waals surface area contributed by atoms with Crippen molar-refractivity contribution in [1.82, 2.24) is 24.9 Å². The third kappa shape index (κ3) is 5.79. The SMILES string of the molecule is CC(C)(C)OC(=O)N1CC(N2CCC(N3CCN(c4ccc5c(c4)CN([C@H]4CCC(=O)NC4=O)C5=O)CC3)CC2)C1. The second-order valence-electron chi connectivity index (χ2n) is 13.1. The van der Waals surface area contributed by atoms with Crippen molar-refractivity contribution in [2.45, 2.75) is 76.7 Å². The molecule has 0 aromatic heterocycles. The van der Waals surface area contributed by atoms with E-state index in [0.717, 1.165) is 76.5 Å². The summed E-state index contributed by atoms with van der Waals surface area (Å²) in [6.45, 7) is 13.7. The molecule has 222 valence electrons. The van der Waals surface area contributed by atoms with Crippen LogP contribution in [0.25, 0.3) is 0 Å². The number of benzene rings is 1. The molecule has 5 aliphatic rings. The van der Waals surface area contributed by atoms with E-state index in [1.165, 1.54) is 0 Å². The van der Waals surface area contributed by atoms with Gasteiger partial charge in [-0.2, -0.15) is 0 Å². The molecule has 0 unspecified atom stereocenters. The minimum absolute atomic E-state index is 0.128. The fraction of sp³-hybridized carbons (Fsp3) is 0.667. The summed E-state index contributed by atoms with van der Waals surface area (Å²) in [5.74, 6) is -0.774. The molecule has 0 bridgehead atoms. The first kappa shape index (κ1) is 28.0. The Morgan fingerprint density at radius 1 is 0.902 bits per heavy atom. The number of nitrogens with one attached hydrogen (secondary N) is 1. The van der Waals surface area contributed by atoms with Gasteiger partial charge in [0.05, 0.1) is 0 Å². The van der Waals surface area contributed by atoms with Gasteiger partial charge in [0.1, 0.15) is 11.6 Å². The molecule has 6 rings (SSSR count). The number of carbonyl (C=O) groups is 4. The predicted octanol–water partition coefficient (Wildman–Crippen LogP) is 1.65. The quantitative estimate of drug-likeness (QED) is 0.549. The van der Waals surface area contributed by atoms with Crippen molar-refractivity contribution in [2.75, 3.05) is 57.3 Å². The van der Waals surface area contributed by atoms with Gasteiger partial charge in [-0.15, -0.1) is 0 Å². The summed E-state index contributed by atoms with van der Waals surface area (Å²) in [4.78, 5) is 60.2. The van der Waals surface area contributed by atoms with Crippen molar-refractivity contribution in [3.63, 3.8) is 0 Å². The molecule has 1 N–H and O–H groups in total. The van der Waals surface area contributed by atoms with Gasteiger partial charge in [0.15, 0.2) is 0 Å². The number of nitrogens with zero attached hydrogens (tertiary/aromatic N) is 5. The Morgan fingerprint density at radius 3 is 2.24 bits per heavy atom. The summed E-state index contributed by atoms with van der Waals surface area (Å²) < 4.78 is 5.49. The van der Waals surface area contributed by atoms with E-state index in [1.807, 2.05) is 37.8 Å². The number of piperidine rings is 2. The highest BCUT2D eigenvalue weighted by atomic mass is 16.6. The molecule has 1 aromatic carbocycles. The van der Waals surface area contributed by atoms with Gasteiger partial charge in [-0.3, -0.25) is 29.5 Å². The number of imide groups is 1. The molecule has 1 aromatic rings. The van der Waals surface area contributed by atoms with Crippen LogP contribution in [0, 0.1) is 0 Å². The maximum atomic E-state index is 13.0. The lowest BCUT2D eigenvalue weighted by molar-refractivity contribution is -0.136. The van der Waals surface area contributed by atoms with E-state index in [-0.39, 0.29) is 30.2 Å². The molecule has 11 heteroatoms. The van der Waals surface area contributed by atoms with Crippen LogP contribution < -0.4 is 10.2 Å². The molecule has 5 heterocycles. The molecule has 0 radical (unpaired) electrons. The summed E-state index contributed by atoms with van der Waals surface area (Å²) in [5, 5.41) is 2.37. The lowest BCUT2D eigenvalue weighted by Crippen LogP contribution is -2.63. The van der Waals surface area contributed by atoms with Crippen molar-refractivity contribution in [3.8, 4) is 0 Å². The highest BCUT2D eigenvalue weighted by molar-refractivity contribution is 6.05. The monoisotopic (exact) mass is 566 g/mol. The van der Waals surface area contributed by atoms with Crippen molar-refractivity contribution < 1.29 is 23.9 Å². The Hall–Kier alpha value is -3.18. The van der Waals surface area contributed by atoms with E-state index in [2.05, 4.69) is 26.1 Å². The number of fused-ring (bicyclic) bond motifs is 1. The van der Waals surface area contributed by atoms with Gasteiger partial charge in [-0.25, -0.2) is 4.79 Å². The highest BCUT2D eigenvalue weighted by Crippen LogP contribution is 2.31. The minimum Gasteiger partial charge on any atom is -0.444 e. The molecule has 0 saturated carbocycles. The van der Waals surface area contributed by atoms with Crippen LogP contribution in [0.15, 0.2) is 18.2 Å². The predicted molar refractivity (Wildman–Crippen MR) is 152 cm³/mol.